The van der Waals surface area contributed by atoms with Gasteiger partial charge in [0.05, 0.1) is 11.6 Å². The van der Waals surface area contributed by atoms with E-state index in [1.54, 1.807) is 11.3 Å². The summed E-state index contributed by atoms with van der Waals surface area (Å²) in [4.78, 5) is 9.28. The van der Waals surface area contributed by atoms with Gasteiger partial charge in [-0.2, -0.15) is 4.98 Å². The topological polar surface area (TPSA) is 63.8 Å². The van der Waals surface area contributed by atoms with Crippen LogP contribution in [-0.4, -0.2) is 15.1 Å². The van der Waals surface area contributed by atoms with Crippen LogP contribution in [0.1, 0.15) is 15.7 Å². The van der Waals surface area contributed by atoms with Crippen LogP contribution < -0.4 is 5.32 Å². The van der Waals surface area contributed by atoms with E-state index in [1.807, 2.05) is 13.1 Å². The van der Waals surface area contributed by atoms with E-state index < -0.39 is 0 Å². The minimum Gasteiger partial charge on any atom is -0.343 e. The Hall–Kier alpha value is -1.27. The third-order valence-electron chi connectivity index (χ3n) is 1.66. The zero-order chi connectivity index (χ0) is 9.80. The fraction of sp³-hybridized carbons (Fsp3) is 0.375. The molecule has 6 heteroatoms. The Kier molecular flexibility index (Phi) is 2.85. The van der Waals surface area contributed by atoms with Crippen LogP contribution >= 0.6 is 11.3 Å². The summed E-state index contributed by atoms with van der Waals surface area (Å²) in [6, 6.07) is 0. The molecule has 2 aromatic rings. The molecule has 0 bridgehead atoms. The maximum Gasteiger partial charge on any atom is 0.213 e. The Morgan fingerprint density at radius 2 is 2.36 bits per heavy atom. The number of aryl methyl sites for hydroxylation is 1. The lowest BCUT2D eigenvalue weighted by Gasteiger charge is -1.96. The molecule has 2 aromatic heterocycles. The largest absolute Gasteiger partial charge is 0.343 e. The van der Waals surface area contributed by atoms with Crippen molar-refractivity contribution in [2.45, 2.75) is 20.0 Å². The fourth-order valence-electron chi connectivity index (χ4n) is 1.05. The summed E-state index contributed by atoms with van der Waals surface area (Å²) in [5.74, 6) is 0.672. The zero-order valence-electron chi connectivity index (χ0n) is 7.73. The highest BCUT2D eigenvalue weighted by Crippen LogP contribution is 2.10. The van der Waals surface area contributed by atoms with E-state index >= 15 is 0 Å². The molecule has 0 aromatic carbocycles. The summed E-state index contributed by atoms with van der Waals surface area (Å²) in [6.07, 6.45) is 3.21. The quantitative estimate of drug-likeness (QED) is 0.819. The Morgan fingerprint density at radius 1 is 1.43 bits per heavy atom. The van der Waals surface area contributed by atoms with E-state index in [4.69, 9.17) is 0 Å². The average molecular weight is 210 g/mol. The Balaban J connectivity index is 1.78. The minimum absolute atomic E-state index is 0.618. The first-order valence-electron chi connectivity index (χ1n) is 4.22. The predicted molar refractivity (Wildman–Crippen MR) is 51.7 cm³/mol. The van der Waals surface area contributed by atoms with Crippen molar-refractivity contribution in [3.63, 3.8) is 0 Å². The summed E-state index contributed by atoms with van der Waals surface area (Å²) in [5, 5.41) is 7.98. The predicted octanol–water partition coefficient (Wildman–Crippen LogP) is 1.12. The lowest BCUT2D eigenvalue weighted by atomic mass is 10.5. The van der Waals surface area contributed by atoms with Gasteiger partial charge < -0.3 is 9.84 Å². The number of hydrogen-bond donors (Lipinski definition) is 1. The Labute approximate surface area is 85.2 Å². The minimum atomic E-state index is 0.618. The van der Waals surface area contributed by atoms with E-state index in [0.29, 0.717) is 12.4 Å². The first-order valence-corrected chi connectivity index (χ1v) is 5.03. The van der Waals surface area contributed by atoms with Crippen LogP contribution in [0.5, 0.6) is 0 Å². The number of nitrogens with zero attached hydrogens (tertiary/aromatic N) is 3. The smallest absolute Gasteiger partial charge is 0.213 e. The van der Waals surface area contributed by atoms with Crippen LogP contribution in [0.3, 0.4) is 0 Å². The van der Waals surface area contributed by atoms with Crippen molar-refractivity contribution >= 4 is 11.3 Å². The molecule has 0 aliphatic heterocycles. The van der Waals surface area contributed by atoms with Crippen LogP contribution in [-0.2, 0) is 13.1 Å². The van der Waals surface area contributed by atoms with Gasteiger partial charge in [-0.05, 0) is 6.92 Å². The van der Waals surface area contributed by atoms with Gasteiger partial charge in [-0.1, -0.05) is 5.16 Å². The van der Waals surface area contributed by atoms with Crippen molar-refractivity contribution in [2.24, 2.45) is 0 Å². The van der Waals surface area contributed by atoms with Gasteiger partial charge in [0.25, 0.3) is 0 Å². The van der Waals surface area contributed by atoms with Gasteiger partial charge in [0.15, 0.2) is 5.82 Å². The zero-order valence-corrected chi connectivity index (χ0v) is 8.54. The summed E-state index contributed by atoms with van der Waals surface area (Å²) >= 11 is 1.69. The summed E-state index contributed by atoms with van der Waals surface area (Å²) in [6.45, 7) is 3.40. The van der Waals surface area contributed by atoms with Gasteiger partial charge in [0.2, 0.25) is 6.39 Å². The monoisotopic (exact) mass is 210 g/mol. The molecular weight excluding hydrogens is 200 g/mol. The molecule has 0 aliphatic rings. The van der Waals surface area contributed by atoms with Gasteiger partial charge in [-0.3, -0.25) is 0 Å². The molecule has 0 amide bonds. The molecule has 0 saturated carbocycles. The molecule has 0 spiro atoms. The van der Waals surface area contributed by atoms with Crippen LogP contribution in [0.4, 0.5) is 0 Å². The maximum absolute atomic E-state index is 4.61. The van der Waals surface area contributed by atoms with Crippen molar-refractivity contribution in [1.82, 2.24) is 20.4 Å². The number of aromatic nitrogens is 3. The third kappa shape index (κ3) is 2.36. The summed E-state index contributed by atoms with van der Waals surface area (Å²) in [7, 11) is 0. The van der Waals surface area contributed by atoms with Crippen molar-refractivity contribution < 1.29 is 4.52 Å². The normalized spacial score (nSPS) is 10.6. The van der Waals surface area contributed by atoms with Crippen molar-refractivity contribution in [3.05, 3.63) is 28.3 Å². The molecule has 0 unspecified atom stereocenters. The number of nitrogens with one attached hydrogen (secondary N) is 1. The fourth-order valence-corrected chi connectivity index (χ4v) is 1.82. The highest BCUT2D eigenvalue weighted by Gasteiger charge is 1.99. The molecule has 0 atom stereocenters. The molecule has 14 heavy (non-hydrogen) atoms. The molecule has 2 heterocycles. The first-order chi connectivity index (χ1) is 6.84. The summed E-state index contributed by atoms with van der Waals surface area (Å²) in [5.41, 5.74) is 0. The first kappa shape index (κ1) is 9.29. The second kappa shape index (κ2) is 4.30. The molecule has 0 radical (unpaired) electrons. The number of rotatable bonds is 4. The van der Waals surface area contributed by atoms with Gasteiger partial charge in [-0.25, -0.2) is 4.98 Å². The third-order valence-corrected chi connectivity index (χ3v) is 2.57. The van der Waals surface area contributed by atoms with Crippen molar-refractivity contribution in [3.8, 4) is 0 Å². The van der Waals surface area contributed by atoms with E-state index in [9.17, 15) is 0 Å². The molecule has 74 valence electrons. The average Bonchev–Trinajstić information content (AvgIpc) is 2.77. The molecule has 5 nitrogen and oxygen atoms in total. The second-order valence-electron chi connectivity index (χ2n) is 2.80. The van der Waals surface area contributed by atoms with Crippen molar-refractivity contribution in [2.75, 3.05) is 0 Å². The van der Waals surface area contributed by atoms with Gasteiger partial charge in [0.1, 0.15) is 0 Å². The summed E-state index contributed by atoms with van der Waals surface area (Å²) < 4.78 is 4.61. The SMILES string of the molecule is Cc1ncc(CNCc2ncon2)s1. The molecule has 2 rings (SSSR count). The Morgan fingerprint density at radius 3 is 3.00 bits per heavy atom. The Bertz CT molecular complexity index is 384. The lowest BCUT2D eigenvalue weighted by Crippen LogP contribution is -2.12. The van der Waals surface area contributed by atoms with Gasteiger partial charge in [0, 0.05) is 17.6 Å². The van der Waals surface area contributed by atoms with Crippen LogP contribution in [0, 0.1) is 6.92 Å². The molecule has 0 fully saturated rings. The van der Waals surface area contributed by atoms with Gasteiger partial charge >= 0.3 is 0 Å². The van der Waals surface area contributed by atoms with E-state index in [-0.39, 0.29) is 0 Å². The molecule has 1 N–H and O–H groups in total. The molecular formula is C8H10N4OS. The maximum atomic E-state index is 4.61. The highest BCUT2D eigenvalue weighted by atomic mass is 32.1. The second-order valence-corrected chi connectivity index (χ2v) is 4.12. The number of thiazole rings is 1. The van der Waals surface area contributed by atoms with E-state index in [1.165, 1.54) is 11.3 Å². The van der Waals surface area contributed by atoms with Gasteiger partial charge in [-0.15, -0.1) is 11.3 Å². The van der Waals surface area contributed by atoms with Crippen LogP contribution in [0.15, 0.2) is 17.1 Å². The van der Waals surface area contributed by atoms with E-state index in [2.05, 4.69) is 25.0 Å². The van der Waals surface area contributed by atoms with Crippen molar-refractivity contribution in [1.29, 1.82) is 0 Å². The molecule has 0 saturated heterocycles. The number of hydrogen-bond acceptors (Lipinski definition) is 6. The highest BCUT2D eigenvalue weighted by molar-refractivity contribution is 7.11. The van der Waals surface area contributed by atoms with Crippen LogP contribution in [0.25, 0.3) is 0 Å². The lowest BCUT2D eigenvalue weighted by molar-refractivity contribution is 0.407. The van der Waals surface area contributed by atoms with Crippen LogP contribution in [0.2, 0.25) is 0 Å². The standard InChI is InChI=1S/C8H10N4OS/c1-6-10-3-7(14-6)2-9-4-8-11-5-13-12-8/h3,5,9H,2,4H2,1H3. The van der Waals surface area contributed by atoms with E-state index in [0.717, 1.165) is 11.6 Å². The molecule has 0 aliphatic carbocycles.